The Labute approximate surface area is 157 Å². The molecule has 6 nitrogen and oxygen atoms in total. The molecule has 0 saturated heterocycles. The van der Waals surface area contributed by atoms with E-state index >= 15 is 0 Å². The Kier molecular flexibility index (Phi) is 4.32. The van der Waals surface area contributed by atoms with Gasteiger partial charge in [0.1, 0.15) is 5.76 Å². The van der Waals surface area contributed by atoms with Crippen LogP contribution in [-0.4, -0.2) is 16.4 Å². The minimum Gasteiger partial charge on any atom is -0.469 e. The first kappa shape index (κ1) is 17.1. The average molecular weight is 363 g/mol. The maximum Gasteiger partial charge on any atom is 0.271 e. The van der Waals surface area contributed by atoms with E-state index in [1.807, 2.05) is 66.9 Å². The lowest BCUT2D eigenvalue weighted by Gasteiger charge is -2.10. The molecular weight excluding hydrogens is 342 g/mol. The van der Waals surface area contributed by atoms with Crippen molar-refractivity contribution in [2.45, 2.75) is 26.2 Å². The summed E-state index contributed by atoms with van der Waals surface area (Å²) in [6, 6.07) is 15.4. The van der Waals surface area contributed by atoms with Gasteiger partial charge in [-0.15, -0.1) is 0 Å². The van der Waals surface area contributed by atoms with Crippen LogP contribution in [0.1, 0.15) is 39.8 Å². The SMILES string of the molecule is Cc1cc(C(=O)NNC(=O)C2CC2c2ccco2)c(C)n1-c1ccccc1. The van der Waals surface area contributed by atoms with Crippen LogP contribution in [0.25, 0.3) is 5.69 Å². The fourth-order valence-corrected chi connectivity index (χ4v) is 3.55. The first-order valence-corrected chi connectivity index (χ1v) is 8.94. The van der Waals surface area contributed by atoms with Crippen molar-refractivity contribution in [3.63, 3.8) is 0 Å². The van der Waals surface area contributed by atoms with Crippen LogP contribution in [0.4, 0.5) is 0 Å². The van der Waals surface area contributed by atoms with E-state index in [1.54, 1.807) is 6.26 Å². The topological polar surface area (TPSA) is 76.3 Å². The number of hydrogen-bond donors (Lipinski definition) is 2. The van der Waals surface area contributed by atoms with E-state index in [1.165, 1.54) is 0 Å². The van der Waals surface area contributed by atoms with E-state index in [-0.39, 0.29) is 23.7 Å². The molecule has 27 heavy (non-hydrogen) atoms. The van der Waals surface area contributed by atoms with E-state index in [9.17, 15) is 9.59 Å². The van der Waals surface area contributed by atoms with Gasteiger partial charge in [-0.1, -0.05) is 18.2 Å². The molecule has 1 aromatic carbocycles. The molecule has 1 aliphatic carbocycles. The number of aryl methyl sites for hydroxylation is 1. The molecule has 6 heteroatoms. The molecule has 2 unspecified atom stereocenters. The van der Waals surface area contributed by atoms with Crippen LogP contribution in [0.15, 0.2) is 59.2 Å². The second-order valence-corrected chi connectivity index (χ2v) is 6.86. The maximum atomic E-state index is 12.6. The van der Waals surface area contributed by atoms with Crippen molar-refractivity contribution in [1.29, 1.82) is 0 Å². The highest BCUT2D eigenvalue weighted by atomic mass is 16.3. The highest BCUT2D eigenvalue weighted by molar-refractivity contribution is 5.97. The summed E-state index contributed by atoms with van der Waals surface area (Å²) in [5.74, 6) is 0.233. The number of rotatable bonds is 4. The molecule has 1 saturated carbocycles. The molecule has 1 fully saturated rings. The Balaban J connectivity index is 1.41. The van der Waals surface area contributed by atoms with E-state index < -0.39 is 0 Å². The molecule has 0 aliphatic heterocycles. The van der Waals surface area contributed by atoms with E-state index in [2.05, 4.69) is 10.9 Å². The lowest BCUT2D eigenvalue weighted by Crippen LogP contribution is -2.42. The number of aromatic nitrogens is 1. The highest BCUT2D eigenvalue weighted by Crippen LogP contribution is 2.47. The molecule has 2 amide bonds. The summed E-state index contributed by atoms with van der Waals surface area (Å²) in [6.45, 7) is 3.85. The van der Waals surface area contributed by atoms with E-state index in [0.29, 0.717) is 5.56 Å². The molecule has 2 aromatic heterocycles. The Bertz CT molecular complexity index is 974. The largest absolute Gasteiger partial charge is 0.469 e. The summed E-state index contributed by atoms with van der Waals surface area (Å²) in [5.41, 5.74) is 8.39. The zero-order valence-corrected chi connectivity index (χ0v) is 15.2. The summed E-state index contributed by atoms with van der Waals surface area (Å²) in [4.78, 5) is 24.8. The Morgan fingerprint density at radius 2 is 1.85 bits per heavy atom. The fraction of sp³-hybridized carbons (Fsp3) is 0.238. The van der Waals surface area contributed by atoms with Gasteiger partial charge in [-0.3, -0.25) is 20.4 Å². The summed E-state index contributed by atoms with van der Waals surface area (Å²) in [6.07, 6.45) is 2.34. The molecular formula is C21H21N3O3. The third-order valence-electron chi connectivity index (χ3n) is 5.03. The van der Waals surface area contributed by atoms with Crippen molar-refractivity contribution in [1.82, 2.24) is 15.4 Å². The van der Waals surface area contributed by atoms with Crippen LogP contribution in [0, 0.1) is 19.8 Å². The number of furan rings is 1. The molecule has 3 aromatic rings. The number of nitrogens with one attached hydrogen (secondary N) is 2. The number of hydrazine groups is 1. The second-order valence-electron chi connectivity index (χ2n) is 6.86. The van der Waals surface area contributed by atoms with Crippen LogP contribution in [0.2, 0.25) is 0 Å². The molecule has 4 rings (SSSR count). The third kappa shape index (κ3) is 3.26. The van der Waals surface area contributed by atoms with Crippen LogP contribution in [0.5, 0.6) is 0 Å². The maximum absolute atomic E-state index is 12.6. The van der Waals surface area contributed by atoms with Crippen LogP contribution in [-0.2, 0) is 4.79 Å². The number of carbonyl (C=O) groups excluding carboxylic acids is 2. The van der Waals surface area contributed by atoms with Gasteiger partial charge in [-0.05, 0) is 50.6 Å². The Hall–Kier alpha value is -3.28. The van der Waals surface area contributed by atoms with Crippen LogP contribution < -0.4 is 10.9 Å². The first-order valence-electron chi connectivity index (χ1n) is 8.94. The van der Waals surface area contributed by atoms with E-state index in [0.717, 1.165) is 29.3 Å². The van der Waals surface area contributed by atoms with Gasteiger partial charge >= 0.3 is 0 Å². The summed E-state index contributed by atoms with van der Waals surface area (Å²) in [7, 11) is 0. The smallest absolute Gasteiger partial charge is 0.271 e. The predicted molar refractivity (Wildman–Crippen MR) is 100 cm³/mol. The van der Waals surface area contributed by atoms with Gasteiger partial charge in [-0.25, -0.2) is 0 Å². The number of hydrogen-bond acceptors (Lipinski definition) is 3. The second kappa shape index (κ2) is 6.79. The van der Waals surface area contributed by atoms with Crippen molar-refractivity contribution >= 4 is 11.8 Å². The number of para-hydroxylation sites is 1. The monoisotopic (exact) mass is 363 g/mol. The van der Waals surface area contributed by atoms with Crippen molar-refractivity contribution in [3.05, 3.63) is 77.5 Å². The Morgan fingerprint density at radius 1 is 1.07 bits per heavy atom. The van der Waals surface area contributed by atoms with Gasteiger partial charge < -0.3 is 8.98 Å². The average Bonchev–Trinajstić information content (AvgIpc) is 3.16. The number of carbonyl (C=O) groups is 2. The number of benzene rings is 1. The molecule has 2 atom stereocenters. The van der Waals surface area contributed by atoms with E-state index in [4.69, 9.17) is 4.42 Å². The fourth-order valence-electron chi connectivity index (χ4n) is 3.55. The van der Waals surface area contributed by atoms with Crippen molar-refractivity contribution in [3.8, 4) is 5.69 Å². The molecule has 138 valence electrons. The van der Waals surface area contributed by atoms with Gasteiger partial charge in [0.25, 0.3) is 5.91 Å². The van der Waals surface area contributed by atoms with Gasteiger partial charge in [0.2, 0.25) is 5.91 Å². The van der Waals surface area contributed by atoms with Gasteiger partial charge in [0.15, 0.2) is 0 Å². The standard InChI is InChI=1S/C21H21N3O3/c1-13-11-16(14(2)24(13)15-7-4-3-5-8-15)20(25)22-23-21(26)18-12-17(18)19-9-6-10-27-19/h3-11,17-18H,12H2,1-2H3,(H,22,25)(H,23,26). The zero-order valence-electron chi connectivity index (χ0n) is 15.2. The summed E-state index contributed by atoms with van der Waals surface area (Å²) < 4.78 is 7.35. The molecule has 2 heterocycles. The van der Waals surface area contributed by atoms with Crippen LogP contribution >= 0.6 is 0 Å². The molecule has 0 spiro atoms. The minimum atomic E-state index is -0.325. The van der Waals surface area contributed by atoms with Gasteiger partial charge in [0.05, 0.1) is 17.7 Å². The van der Waals surface area contributed by atoms with Gasteiger partial charge in [0, 0.05) is 23.0 Å². The van der Waals surface area contributed by atoms with Crippen molar-refractivity contribution in [2.24, 2.45) is 5.92 Å². The molecule has 1 aliphatic rings. The molecule has 0 bridgehead atoms. The first-order chi connectivity index (χ1) is 13.1. The number of amides is 2. The lowest BCUT2D eigenvalue weighted by molar-refractivity contribution is -0.123. The predicted octanol–water partition coefficient (Wildman–Crippen LogP) is 3.25. The summed E-state index contributed by atoms with van der Waals surface area (Å²) in [5, 5.41) is 0. The van der Waals surface area contributed by atoms with Crippen molar-refractivity contribution in [2.75, 3.05) is 0 Å². The van der Waals surface area contributed by atoms with Crippen molar-refractivity contribution < 1.29 is 14.0 Å². The molecule has 0 radical (unpaired) electrons. The van der Waals surface area contributed by atoms with Crippen LogP contribution in [0.3, 0.4) is 0 Å². The van der Waals surface area contributed by atoms with Gasteiger partial charge in [-0.2, -0.15) is 0 Å². The Morgan fingerprint density at radius 3 is 2.56 bits per heavy atom. The molecule has 2 N–H and O–H groups in total. The quantitative estimate of drug-likeness (QED) is 0.699. The zero-order chi connectivity index (χ0) is 19.0. The normalized spacial score (nSPS) is 18.1. The minimum absolute atomic E-state index is 0.0973. The number of nitrogens with zero attached hydrogens (tertiary/aromatic N) is 1. The summed E-state index contributed by atoms with van der Waals surface area (Å²) >= 11 is 0. The highest BCUT2D eigenvalue weighted by Gasteiger charge is 2.46. The third-order valence-corrected chi connectivity index (χ3v) is 5.03. The lowest BCUT2D eigenvalue weighted by atomic mass is 10.2.